The molecule has 48 valence electrons. The highest BCUT2D eigenvalue weighted by Gasteiger charge is 2.29. The summed E-state index contributed by atoms with van der Waals surface area (Å²) in [5.41, 5.74) is 0. The number of cyclic esters (lactones) is 1. The summed E-state index contributed by atoms with van der Waals surface area (Å²) in [6, 6.07) is 0. The largest absolute Gasteiger partial charge is 0.419 e. The number of allylic oxidation sites excluding steroid dienone is 1. The highest BCUT2D eigenvalue weighted by Crippen LogP contribution is 2.25. The van der Waals surface area contributed by atoms with Crippen molar-refractivity contribution in [1.82, 2.24) is 0 Å². The van der Waals surface area contributed by atoms with Crippen LogP contribution in [0.2, 0.25) is 0 Å². The number of carbonyl (C=O) groups excluding carboxylic acids is 1. The van der Waals surface area contributed by atoms with E-state index in [9.17, 15) is 13.6 Å². The lowest BCUT2D eigenvalue weighted by Gasteiger charge is -1.87. The summed E-state index contributed by atoms with van der Waals surface area (Å²) < 4.78 is 27.9. The number of ether oxygens (including phenoxy) is 1. The quantitative estimate of drug-likeness (QED) is 0.463. The summed E-state index contributed by atoms with van der Waals surface area (Å²) in [5.74, 6) is -4.67. The average molecular weight is 132 g/mol. The second kappa shape index (κ2) is 1.65. The Morgan fingerprint density at radius 3 is 2.00 bits per heavy atom. The molecule has 9 heavy (non-hydrogen) atoms. The molecule has 0 saturated carbocycles. The predicted molar refractivity (Wildman–Crippen MR) is 24.5 cm³/mol. The molecule has 4 heteroatoms. The molecule has 0 N–H and O–H groups in total. The van der Waals surface area contributed by atoms with Gasteiger partial charge in [0, 0.05) is 0 Å². The Bertz CT molecular complexity index is 195. The predicted octanol–water partition coefficient (Wildman–Crippen LogP) is 1.21. The minimum absolute atomic E-state index is 0.558. The van der Waals surface area contributed by atoms with E-state index in [0.29, 0.717) is 0 Å². The zero-order chi connectivity index (χ0) is 7.02. The number of carbonyl (C=O) groups is 1. The van der Waals surface area contributed by atoms with Crippen molar-refractivity contribution in [2.45, 2.75) is 0 Å². The van der Waals surface area contributed by atoms with Crippen molar-refractivity contribution in [3.63, 3.8) is 0 Å². The van der Waals surface area contributed by atoms with Crippen molar-refractivity contribution in [1.29, 1.82) is 0 Å². The topological polar surface area (TPSA) is 26.3 Å². The van der Waals surface area contributed by atoms with Gasteiger partial charge in [0.05, 0.1) is 0 Å². The van der Waals surface area contributed by atoms with Gasteiger partial charge in [-0.15, -0.1) is 0 Å². The van der Waals surface area contributed by atoms with Gasteiger partial charge < -0.3 is 4.74 Å². The van der Waals surface area contributed by atoms with Crippen LogP contribution in [-0.2, 0) is 9.53 Å². The Labute approximate surface area is 49.4 Å². The van der Waals surface area contributed by atoms with E-state index in [-0.39, 0.29) is 0 Å². The second-order valence-corrected chi connectivity index (χ2v) is 1.44. The molecule has 0 aliphatic carbocycles. The van der Waals surface area contributed by atoms with Crippen LogP contribution in [0.5, 0.6) is 0 Å². The van der Waals surface area contributed by atoms with Gasteiger partial charge in [0.1, 0.15) is 0 Å². The third-order valence-corrected chi connectivity index (χ3v) is 0.833. The number of hydrogen-bond donors (Lipinski definition) is 0. The minimum atomic E-state index is -1.50. The maximum Gasteiger partial charge on any atom is 0.375 e. The zero-order valence-corrected chi connectivity index (χ0v) is 4.28. The van der Waals surface area contributed by atoms with Crippen LogP contribution in [0.1, 0.15) is 0 Å². The lowest BCUT2D eigenvalue weighted by molar-refractivity contribution is -0.134. The van der Waals surface area contributed by atoms with E-state index in [4.69, 9.17) is 0 Å². The molecule has 1 aliphatic rings. The summed E-state index contributed by atoms with van der Waals surface area (Å²) in [6.07, 6.45) is 0. The molecule has 2 nitrogen and oxygen atoms in total. The van der Waals surface area contributed by atoms with Crippen LogP contribution in [0.4, 0.5) is 8.78 Å². The van der Waals surface area contributed by atoms with Gasteiger partial charge in [-0.25, -0.2) is 4.79 Å². The van der Waals surface area contributed by atoms with Crippen molar-refractivity contribution < 1.29 is 18.3 Å². The van der Waals surface area contributed by atoms with Gasteiger partial charge in [-0.1, -0.05) is 6.58 Å². The van der Waals surface area contributed by atoms with Crippen LogP contribution < -0.4 is 0 Å². The molecule has 1 aliphatic heterocycles. The van der Waals surface area contributed by atoms with Gasteiger partial charge in [-0.05, 0) is 0 Å². The molecule has 1 heterocycles. The van der Waals surface area contributed by atoms with Crippen LogP contribution in [0.15, 0.2) is 24.0 Å². The second-order valence-electron chi connectivity index (χ2n) is 1.44. The van der Waals surface area contributed by atoms with E-state index < -0.39 is 23.4 Å². The zero-order valence-electron chi connectivity index (χ0n) is 4.28. The fourth-order valence-electron chi connectivity index (χ4n) is 0.414. The van der Waals surface area contributed by atoms with Crippen molar-refractivity contribution >= 4 is 5.97 Å². The lowest BCUT2D eigenvalue weighted by Crippen LogP contribution is -1.92. The molecular weight excluding hydrogens is 130 g/mol. The van der Waals surface area contributed by atoms with Crippen LogP contribution in [-0.4, -0.2) is 5.97 Å². The highest BCUT2D eigenvalue weighted by molar-refractivity contribution is 5.91. The summed E-state index contributed by atoms with van der Waals surface area (Å²) >= 11 is 0. The van der Waals surface area contributed by atoms with Crippen LogP contribution >= 0.6 is 0 Å². The van der Waals surface area contributed by atoms with Gasteiger partial charge in [0.25, 0.3) is 0 Å². The summed E-state index contributed by atoms with van der Waals surface area (Å²) in [7, 11) is 0. The SMILES string of the molecule is C=C1OC(=O)C(F)=C1F. The van der Waals surface area contributed by atoms with E-state index >= 15 is 0 Å². The molecule has 0 aromatic heterocycles. The molecule has 0 saturated heterocycles. The molecule has 0 amide bonds. The Hall–Kier alpha value is -1.19. The average Bonchev–Trinajstić information content (AvgIpc) is 1.98. The first-order valence-corrected chi connectivity index (χ1v) is 2.09. The molecule has 0 spiro atoms. The Morgan fingerprint density at radius 2 is 1.89 bits per heavy atom. The number of hydrogen-bond acceptors (Lipinski definition) is 2. The molecule has 0 fully saturated rings. The Balaban J connectivity index is 3.06. The third-order valence-electron chi connectivity index (χ3n) is 0.833. The van der Waals surface area contributed by atoms with Crippen molar-refractivity contribution in [3.8, 4) is 0 Å². The molecule has 1 rings (SSSR count). The Kier molecular flexibility index (Phi) is 1.09. The van der Waals surface area contributed by atoms with E-state index in [1.165, 1.54) is 0 Å². The van der Waals surface area contributed by atoms with E-state index in [2.05, 4.69) is 11.3 Å². The van der Waals surface area contributed by atoms with Gasteiger partial charge in [0.2, 0.25) is 11.7 Å². The lowest BCUT2D eigenvalue weighted by atomic mass is 10.4. The van der Waals surface area contributed by atoms with Gasteiger partial charge in [0.15, 0.2) is 5.76 Å². The summed E-state index contributed by atoms with van der Waals surface area (Å²) in [4.78, 5) is 10.0. The van der Waals surface area contributed by atoms with Crippen LogP contribution in [0.3, 0.4) is 0 Å². The monoisotopic (exact) mass is 132 g/mol. The first-order chi connectivity index (χ1) is 4.13. The van der Waals surface area contributed by atoms with Crippen molar-refractivity contribution in [2.75, 3.05) is 0 Å². The van der Waals surface area contributed by atoms with Gasteiger partial charge in [-0.3, -0.25) is 0 Å². The first-order valence-electron chi connectivity index (χ1n) is 2.09. The van der Waals surface area contributed by atoms with Crippen LogP contribution in [0.25, 0.3) is 0 Å². The molecular formula is C5H2F2O2. The van der Waals surface area contributed by atoms with Gasteiger partial charge >= 0.3 is 5.97 Å². The van der Waals surface area contributed by atoms with Crippen molar-refractivity contribution in [3.05, 3.63) is 24.0 Å². The number of halogens is 2. The normalized spacial score (nSPS) is 18.9. The maximum absolute atomic E-state index is 12.0. The molecule has 0 radical (unpaired) electrons. The van der Waals surface area contributed by atoms with E-state index in [1.807, 2.05) is 0 Å². The fraction of sp³-hybridized carbons (Fsp3) is 0. The maximum atomic E-state index is 12.0. The smallest absolute Gasteiger partial charge is 0.375 e. The standard InChI is InChI=1S/C5H2F2O2/c1-2-3(6)4(7)5(8)9-2/h1H2. The molecule has 0 aromatic rings. The Morgan fingerprint density at radius 1 is 1.33 bits per heavy atom. The fourth-order valence-corrected chi connectivity index (χ4v) is 0.414. The summed E-state index contributed by atoms with van der Waals surface area (Å²) in [5, 5.41) is 0. The number of rotatable bonds is 0. The van der Waals surface area contributed by atoms with Crippen molar-refractivity contribution in [2.24, 2.45) is 0 Å². The molecule has 0 bridgehead atoms. The van der Waals surface area contributed by atoms with Crippen LogP contribution in [0, 0.1) is 0 Å². The van der Waals surface area contributed by atoms with E-state index in [1.54, 1.807) is 0 Å². The summed E-state index contributed by atoms with van der Waals surface area (Å²) in [6.45, 7) is 2.92. The minimum Gasteiger partial charge on any atom is -0.419 e. The number of esters is 1. The molecule has 0 aromatic carbocycles. The third kappa shape index (κ3) is 0.718. The molecule has 0 atom stereocenters. The molecule has 0 unspecified atom stereocenters. The van der Waals surface area contributed by atoms with E-state index in [0.717, 1.165) is 0 Å². The highest BCUT2D eigenvalue weighted by atomic mass is 19.2. The van der Waals surface area contributed by atoms with Gasteiger partial charge in [-0.2, -0.15) is 8.78 Å². The first kappa shape index (κ1) is 5.94.